The molecule has 2 bridgehead atoms. The molecule has 5 aliphatic carbocycles. The van der Waals surface area contributed by atoms with E-state index < -0.39 is 177 Å². The summed E-state index contributed by atoms with van der Waals surface area (Å²) in [5.74, 6) is 0.380. The Balaban J connectivity index is 0.904. The minimum Gasteiger partial charge on any atom is -0.394 e. The number of fused-ring (bicyclic) bond motifs is 4. The van der Waals surface area contributed by atoms with E-state index in [1.165, 1.54) is 0 Å². The highest BCUT2D eigenvalue weighted by molar-refractivity contribution is 5.29. The smallest absolute Gasteiger partial charge is 0.187 e. The van der Waals surface area contributed by atoms with E-state index in [4.69, 9.17) is 42.6 Å². The fourth-order valence-corrected chi connectivity index (χ4v) is 17.5. The van der Waals surface area contributed by atoms with Gasteiger partial charge in [-0.1, -0.05) is 48.5 Å². The molecule has 10 aliphatic rings. The van der Waals surface area contributed by atoms with Crippen molar-refractivity contribution in [1.82, 2.24) is 0 Å². The van der Waals surface area contributed by atoms with Crippen LogP contribution in [0.5, 0.6) is 0 Å². The maximum Gasteiger partial charge on any atom is 0.187 e. The van der Waals surface area contributed by atoms with Crippen molar-refractivity contribution in [3.05, 3.63) is 0 Å². The van der Waals surface area contributed by atoms with Crippen LogP contribution in [0, 0.1) is 50.2 Å². The molecule has 0 amide bonds. The Morgan fingerprint density at radius 2 is 1.11 bits per heavy atom. The highest BCUT2D eigenvalue weighted by atomic mass is 16.8. The van der Waals surface area contributed by atoms with Crippen molar-refractivity contribution in [2.45, 2.75) is 247 Å². The van der Waals surface area contributed by atoms with E-state index in [1.807, 2.05) is 0 Å². The van der Waals surface area contributed by atoms with Gasteiger partial charge in [-0.2, -0.15) is 0 Å². The second kappa shape index (κ2) is 19.7. The van der Waals surface area contributed by atoms with Gasteiger partial charge in [0.1, 0.15) is 85.5 Å². The molecule has 5 saturated heterocycles. The molecule has 0 aromatic carbocycles. The molecule has 5 aliphatic heterocycles. The SMILES string of the molecule is CC1(C)CC[C@]23C(O)O[C@@]4(CC[C@@H]5[C@@]6(C)CC[C@H](O[C@@H]7OC[C@H](O[C@@H]8O[C@H](CO)[C@@H](O)[C@H](O)[C@H]8O[C@@H]8OC[C@@H](O)[C@H](O)[C@H]8O)[C@H](O)[C@H]7O[C@@H]7O[C@H](CO)[C@@H](O)[C@H](O)[C@H]7O)C(C)(C)[C@@H]6CC[C@@]5(C)[C@]4(C)C[C@H]2O)[C@@H]3C1. The highest BCUT2D eigenvalue weighted by Crippen LogP contribution is 2.81. The molecule has 0 aromatic rings. The zero-order chi connectivity index (χ0) is 53.6. The second-order valence-electron chi connectivity index (χ2n) is 26.3. The quantitative estimate of drug-likeness (QED) is 0.108. The van der Waals surface area contributed by atoms with E-state index in [1.54, 1.807) is 0 Å². The number of rotatable bonds is 10. The molecule has 22 nitrogen and oxygen atoms in total. The standard InChI is InChI=1S/C52H86O22/c1-46(2)14-15-51-28(16-46)52(74-45(51)65)13-9-27-48(5)11-10-30(47(3,4)26(48)8-12-49(27,6)50(52,7)17-29(51)56)71-43-39(73-42-38(64)35(61)32(58)23(18-53)68-42)34(60)25(21-67-43)70-44-40(36(62)33(59)24(19-54)69-44)72-41-37(63)31(57)22(55)20-66-41/h22-45,53-65H,8-21H2,1-7H3/t22-,23-,24-,25+,26+,27-,28-,29-,30+,31+,32-,33-,34+,35+,36+,37-,38-,39-,40-,41+,42+,43+,44+,45?,48+,49-,50+,51-,52+/m1/s1. The molecule has 1 spiro atoms. The molecule has 74 heavy (non-hydrogen) atoms. The fraction of sp³-hybridized carbons (Fsp3) is 1.00. The third kappa shape index (κ3) is 8.31. The van der Waals surface area contributed by atoms with E-state index in [0.717, 1.165) is 51.4 Å². The molecule has 426 valence electrons. The van der Waals surface area contributed by atoms with Crippen LogP contribution in [0.1, 0.15) is 113 Å². The van der Waals surface area contributed by atoms with Crippen LogP contribution in [-0.2, 0) is 42.6 Å². The summed E-state index contributed by atoms with van der Waals surface area (Å²) in [6, 6.07) is 0. The van der Waals surface area contributed by atoms with Crippen LogP contribution in [-0.4, -0.2) is 228 Å². The number of aliphatic hydroxyl groups excluding tert-OH is 13. The molecule has 1 unspecified atom stereocenters. The third-order valence-electron chi connectivity index (χ3n) is 21.9. The normalized spacial score (nSPS) is 57.9. The van der Waals surface area contributed by atoms with Crippen molar-refractivity contribution in [3.63, 3.8) is 0 Å². The van der Waals surface area contributed by atoms with Crippen LogP contribution < -0.4 is 0 Å². The predicted molar refractivity (Wildman–Crippen MR) is 251 cm³/mol. The number of hydrogen-bond donors (Lipinski definition) is 13. The molecule has 5 saturated carbocycles. The van der Waals surface area contributed by atoms with Crippen LogP contribution in [0.3, 0.4) is 0 Å². The third-order valence-corrected chi connectivity index (χ3v) is 21.9. The van der Waals surface area contributed by atoms with E-state index in [0.29, 0.717) is 12.8 Å². The van der Waals surface area contributed by atoms with Crippen LogP contribution in [0.2, 0.25) is 0 Å². The van der Waals surface area contributed by atoms with Crippen LogP contribution in [0.4, 0.5) is 0 Å². The van der Waals surface area contributed by atoms with Gasteiger partial charge >= 0.3 is 0 Å². The zero-order valence-corrected chi connectivity index (χ0v) is 43.7. The number of hydrogen-bond acceptors (Lipinski definition) is 22. The monoisotopic (exact) mass is 1060 g/mol. The van der Waals surface area contributed by atoms with Crippen molar-refractivity contribution in [2.24, 2.45) is 50.2 Å². The van der Waals surface area contributed by atoms with Gasteiger partial charge in [-0.25, -0.2) is 0 Å². The molecular weight excluding hydrogens is 977 g/mol. The lowest BCUT2D eigenvalue weighted by Crippen LogP contribution is -2.74. The summed E-state index contributed by atoms with van der Waals surface area (Å²) in [5.41, 5.74) is -2.61. The Hall–Kier alpha value is -0.880. The zero-order valence-electron chi connectivity index (χ0n) is 43.7. The molecule has 5 heterocycles. The van der Waals surface area contributed by atoms with E-state index >= 15 is 0 Å². The van der Waals surface area contributed by atoms with Gasteiger partial charge in [-0.15, -0.1) is 0 Å². The first-order chi connectivity index (χ1) is 34.7. The molecule has 0 radical (unpaired) electrons. The first-order valence-electron chi connectivity index (χ1n) is 27.2. The lowest BCUT2D eigenvalue weighted by molar-refractivity contribution is -0.392. The van der Waals surface area contributed by atoms with Gasteiger partial charge in [0.15, 0.2) is 31.5 Å². The molecule has 22 heteroatoms. The maximum atomic E-state index is 12.4. The maximum absolute atomic E-state index is 12.4. The highest BCUT2D eigenvalue weighted by Gasteiger charge is 2.82. The lowest BCUT2D eigenvalue weighted by Gasteiger charge is -2.75. The van der Waals surface area contributed by atoms with E-state index in [-0.39, 0.29) is 34.0 Å². The first kappa shape index (κ1) is 56.4. The Bertz CT molecular complexity index is 2000. The molecule has 29 atom stereocenters. The van der Waals surface area contributed by atoms with Gasteiger partial charge in [-0.05, 0) is 97.7 Å². The van der Waals surface area contributed by atoms with Crippen molar-refractivity contribution in [1.29, 1.82) is 0 Å². The summed E-state index contributed by atoms with van der Waals surface area (Å²) in [4.78, 5) is 0. The molecular formula is C52H86O22. The minimum atomic E-state index is -1.89. The van der Waals surface area contributed by atoms with Gasteiger partial charge in [-0.3, -0.25) is 0 Å². The van der Waals surface area contributed by atoms with Gasteiger partial charge < -0.3 is 109 Å². The summed E-state index contributed by atoms with van der Waals surface area (Å²) < 4.78 is 55.7. The summed E-state index contributed by atoms with van der Waals surface area (Å²) >= 11 is 0. The van der Waals surface area contributed by atoms with Crippen LogP contribution in [0.15, 0.2) is 0 Å². The fourth-order valence-electron chi connectivity index (χ4n) is 17.5. The lowest BCUT2D eigenvalue weighted by atomic mass is 9.30. The van der Waals surface area contributed by atoms with Crippen molar-refractivity contribution < 1.29 is 109 Å². The Morgan fingerprint density at radius 1 is 0.500 bits per heavy atom. The van der Waals surface area contributed by atoms with Gasteiger partial charge in [0, 0.05) is 11.3 Å². The van der Waals surface area contributed by atoms with Crippen molar-refractivity contribution in [3.8, 4) is 0 Å². The topological polar surface area (TPSA) is 346 Å². The predicted octanol–water partition coefficient (Wildman–Crippen LogP) is -1.75. The number of ether oxygens (including phenoxy) is 9. The van der Waals surface area contributed by atoms with Crippen LogP contribution in [0.25, 0.3) is 0 Å². The van der Waals surface area contributed by atoms with Crippen molar-refractivity contribution in [2.75, 3.05) is 26.4 Å². The molecule has 10 rings (SSSR count). The van der Waals surface area contributed by atoms with E-state index in [2.05, 4.69) is 48.5 Å². The van der Waals surface area contributed by atoms with Gasteiger partial charge in [0.25, 0.3) is 0 Å². The summed E-state index contributed by atoms with van der Waals surface area (Å²) in [6.45, 7) is 13.7. The summed E-state index contributed by atoms with van der Waals surface area (Å²) in [5, 5.41) is 142. The minimum absolute atomic E-state index is 0.0262. The molecule has 0 aromatic heterocycles. The van der Waals surface area contributed by atoms with Crippen LogP contribution >= 0.6 is 0 Å². The van der Waals surface area contributed by atoms with Gasteiger partial charge in [0.2, 0.25) is 0 Å². The van der Waals surface area contributed by atoms with E-state index in [9.17, 15) is 66.4 Å². The second-order valence-corrected chi connectivity index (χ2v) is 26.3. The average molecular weight is 1060 g/mol. The largest absolute Gasteiger partial charge is 0.394 e. The Kier molecular flexibility index (Phi) is 15.0. The summed E-state index contributed by atoms with van der Waals surface area (Å²) in [7, 11) is 0. The first-order valence-corrected chi connectivity index (χ1v) is 27.2. The molecule has 13 N–H and O–H groups in total. The number of aliphatic hydroxyl groups is 13. The van der Waals surface area contributed by atoms with Crippen molar-refractivity contribution >= 4 is 0 Å². The summed E-state index contributed by atoms with van der Waals surface area (Å²) in [6.07, 6.45) is -24.3. The Labute approximate surface area is 432 Å². The molecule has 10 fully saturated rings. The Morgan fingerprint density at radius 3 is 1.80 bits per heavy atom. The van der Waals surface area contributed by atoms with Gasteiger partial charge in [0.05, 0.1) is 49.7 Å². The average Bonchev–Trinajstić information content (AvgIpc) is 3.56.